The van der Waals surface area contributed by atoms with E-state index in [0.29, 0.717) is 17.4 Å². The van der Waals surface area contributed by atoms with Gasteiger partial charge in [0.05, 0.1) is 0 Å². The third-order valence-corrected chi connectivity index (χ3v) is 1.74. The molecule has 0 amide bonds. The minimum absolute atomic E-state index is 0.308. The first kappa shape index (κ1) is 7.72. The van der Waals surface area contributed by atoms with Crippen LogP contribution in [-0.2, 0) is 0 Å². The number of nitrogen functional groups attached to an aromatic ring is 1. The number of hydrogen-bond donors (Lipinski definition) is 1. The van der Waals surface area contributed by atoms with Crippen molar-refractivity contribution in [3.63, 3.8) is 0 Å². The second kappa shape index (κ2) is 2.85. The SMILES string of the molecule is Cc1c(-c2ncccn2)noc1N. The lowest BCUT2D eigenvalue weighted by Crippen LogP contribution is -1.89. The molecule has 0 unspecified atom stereocenters. The van der Waals surface area contributed by atoms with Gasteiger partial charge in [-0.1, -0.05) is 5.16 Å². The zero-order valence-corrected chi connectivity index (χ0v) is 7.06. The smallest absolute Gasteiger partial charge is 0.225 e. The molecule has 2 rings (SSSR count). The van der Waals surface area contributed by atoms with Crippen LogP contribution in [0.1, 0.15) is 5.56 Å². The molecule has 0 radical (unpaired) electrons. The van der Waals surface area contributed by atoms with Crippen LogP contribution in [0.3, 0.4) is 0 Å². The number of hydrogen-bond acceptors (Lipinski definition) is 5. The van der Waals surface area contributed by atoms with Crippen molar-refractivity contribution in [3.05, 3.63) is 24.0 Å². The lowest BCUT2D eigenvalue weighted by molar-refractivity contribution is 0.438. The molecule has 0 aromatic carbocycles. The number of nitrogens with zero attached hydrogens (tertiary/aromatic N) is 3. The molecule has 2 heterocycles. The topological polar surface area (TPSA) is 77.8 Å². The summed E-state index contributed by atoms with van der Waals surface area (Å²) in [6.45, 7) is 1.82. The van der Waals surface area contributed by atoms with Crippen molar-refractivity contribution in [2.24, 2.45) is 0 Å². The lowest BCUT2D eigenvalue weighted by atomic mass is 10.2. The summed E-state index contributed by atoms with van der Waals surface area (Å²) in [5.74, 6) is 0.836. The Labute approximate surface area is 74.6 Å². The van der Waals surface area contributed by atoms with Gasteiger partial charge < -0.3 is 10.3 Å². The maximum absolute atomic E-state index is 5.49. The van der Waals surface area contributed by atoms with E-state index < -0.39 is 0 Å². The molecule has 0 saturated heterocycles. The highest BCUT2D eigenvalue weighted by atomic mass is 16.5. The minimum atomic E-state index is 0.308. The van der Waals surface area contributed by atoms with Gasteiger partial charge in [0.1, 0.15) is 0 Å². The average molecular weight is 176 g/mol. The Morgan fingerprint density at radius 1 is 1.31 bits per heavy atom. The predicted octanol–water partition coefficient (Wildman–Crippen LogP) is 1.02. The zero-order chi connectivity index (χ0) is 9.26. The molecule has 0 atom stereocenters. The van der Waals surface area contributed by atoms with E-state index in [2.05, 4.69) is 15.1 Å². The van der Waals surface area contributed by atoms with Gasteiger partial charge in [-0.15, -0.1) is 0 Å². The first-order valence-electron chi connectivity index (χ1n) is 3.78. The number of nitrogens with two attached hydrogens (primary N) is 1. The fraction of sp³-hybridized carbons (Fsp3) is 0.125. The highest BCUT2D eigenvalue weighted by molar-refractivity contribution is 5.59. The van der Waals surface area contributed by atoms with Crippen molar-refractivity contribution in [1.82, 2.24) is 15.1 Å². The van der Waals surface area contributed by atoms with Crippen LogP contribution in [0.5, 0.6) is 0 Å². The van der Waals surface area contributed by atoms with Crippen molar-refractivity contribution in [2.45, 2.75) is 6.92 Å². The van der Waals surface area contributed by atoms with Crippen LogP contribution in [0.4, 0.5) is 5.88 Å². The molecule has 66 valence electrons. The average Bonchev–Trinajstić information content (AvgIpc) is 2.49. The Hall–Kier alpha value is -1.91. The van der Waals surface area contributed by atoms with Gasteiger partial charge in [0.2, 0.25) is 5.88 Å². The summed E-state index contributed by atoms with van der Waals surface area (Å²) in [7, 11) is 0. The summed E-state index contributed by atoms with van der Waals surface area (Å²) in [5.41, 5.74) is 6.86. The summed E-state index contributed by atoms with van der Waals surface area (Å²) >= 11 is 0. The van der Waals surface area contributed by atoms with Gasteiger partial charge >= 0.3 is 0 Å². The third kappa shape index (κ3) is 1.24. The first-order valence-corrected chi connectivity index (χ1v) is 3.78. The molecular formula is C8H8N4O. The molecule has 13 heavy (non-hydrogen) atoms. The summed E-state index contributed by atoms with van der Waals surface area (Å²) in [4.78, 5) is 8.07. The molecule has 2 aromatic rings. The second-order valence-corrected chi connectivity index (χ2v) is 2.59. The van der Waals surface area contributed by atoms with Gasteiger partial charge in [-0.2, -0.15) is 0 Å². The van der Waals surface area contributed by atoms with E-state index in [9.17, 15) is 0 Å². The highest BCUT2D eigenvalue weighted by Gasteiger charge is 2.12. The quantitative estimate of drug-likeness (QED) is 0.701. The fourth-order valence-corrected chi connectivity index (χ4v) is 0.978. The monoisotopic (exact) mass is 176 g/mol. The molecule has 0 fully saturated rings. The van der Waals surface area contributed by atoms with Crippen molar-refractivity contribution in [3.8, 4) is 11.5 Å². The van der Waals surface area contributed by atoms with E-state index in [1.54, 1.807) is 18.5 Å². The van der Waals surface area contributed by atoms with Crippen molar-refractivity contribution < 1.29 is 4.52 Å². The van der Waals surface area contributed by atoms with Crippen LogP contribution < -0.4 is 5.73 Å². The minimum Gasteiger partial charge on any atom is -0.367 e. The Kier molecular flexibility index (Phi) is 1.70. The summed E-state index contributed by atoms with van der Waals surface area (Å²) in [5, 5.41) is 3.76. The van der Waals surface area contributed by atoms with E-state index in [0.717, 1.165) is 5.56 Å². The van der Waals surface area contributed by atoms with Gasteiger partial charge in [0.15, 0.2) is 11.5 Å². The van der Waals surface area contributed by atoms with Crippen LogP contribution in [0.15, 0.2) is 23.0 Å². The largest absolute Gasteiger partial charge is 0.367 e. The molecule has 0 aliphatic carbocycles. The Morgan fingerprint density at radius 3 is 2.54 bits per heavy atom. The fourth-order valence-electron chi connectivity index (χ4n) is 0.978. The maximum atomic E-state index is 5.49. The molecule has 2 N–H and O–H groups in total. The normalized spacial score (nSPS) is 10.2. The molecule has 5 nitrogen and oxygen atoms in total. The van der Waals surface area contributed by atoms with E-state index in [1.165, 1.54) is 0 Å². The predicted molar refractivity (Wildman–Crippen MR) is 46.7 cm³/mol. The van der Waals surface area contributed by atoms with E-state index >= 15 is 0 Å². The van der Waals surface area contributed by atoms with Crippen molar-refractivity contribution in [2.75, 3.05) is 5.73 Å². The summed E-state index contributed by atoms with van der Waals surface area (Å²) in [6.07, 6.45) is 3.29. The first-order chi connectivity index (χ1) is 6.29. The Morgan fingerprint density at radius 2 is 2.00 bits per heavy atom. The van der Waals surface area contributed by atoms with Crippen LogP contribution in [0.25, 0.3) is 11.5 Å². The van der Waals surface area contributed by atoms with E-state index in [4.69, 9.17) is 10.3 Å². The summed E-state index contributed by atoms with van der Waals surface area (Å²) in [6, 6.07) is 1.74. The molecule has 0 bridgehead atoms. The maximum Gasteiger partial charge on any atom is 0.225 e. The van der Waals surface area contributed by atoms with Gasteiger partial charge in [-0.3, -0.25) is 0 Å². The van der Waals surface area contributed by atoms with Gasteiger partial charge in [-0.05, 0) is 13.0 Å². The molecule has 0 aliphatic rings. The molecule has 5 heteroatoms. The molecular weight excluding hydrogens is 168 g/mol. The standard InChI is InChI=1S/C8H8N4O/c1-5-6(12-13-7(5)9)8-10-3-2-4-11-8/h2-4H,9H2,1H3. The Bertz CT molecular complexity index is 409. The van der Waals surface area contributed by atoms with Gasteiger partial charge in [-0.25, -0.2) is 9.97 Å². The summed E-state index contributed by atoms with van der Waals surface area (Å²) < 4.78 is 4.80. The lowest BCUT2D eigenvalue weighted by Gasteiger charge is -1.92. The molecule has 2 aromatic heterocycles. The number of rotatable bonds is 1. The molecule has 0 aliphatic heterocycles. The number of anilines is 1. The number of aromatic nitrogens is 3. The van der Waals surface area contributed by atoms with Crippen LogP contribution in [-0.4, -0.2) is 15.1 Å². The van der Waals surface area contributed by atoms with E-state index in [-0.39, 0.29) is 0 Å². The Balaban J connectivity index is 2.53. The van der Waals surface area contributed by atoms with Gasteiger partial charge in [0, 0.05) is 18.0 Å². The van der Waals surface area contributed by atoms with Crippen LogP contribution in [0.2, 0.25) is 0 Å². The van der Waals surface area contributed by atoms with Crippen molar-refractivity contribution >= 4 is 5.88 Å². The third-order valence-electron chi connectivity index (χ3n) is 1.74. The van der Waals surface area contributed by atoms with Crippen molar-refractivity contribution in [1.29, 1.82) is 0 Å². The van der Waals surface area contributed by atoms with Gasteiger partial charge in [0.25, 0.3) is 0 Å². The van der Waals surface area contributed by atoms with Crippen LogP contribution >= 0.6 is 0 Å². The molecule has 0 saturated carbocycles. The zero-order valence-electron chi connectivity index (χ0n) is 7.06. The second-order valence-electron chi connectivity index (χ2n) is 2.59. The highest BCUT2D eigenvalue weighted by Crippen LogP contribution is 2.21. The van der Waals surface area contributed by atoms with E-state index in [1.807, 2.05) is 6.92 Å². The van der Waals surface area contributed by atoms with Crippen LogP contribution in [0, 0.1) is 6.92 Å². The molecule has 0 spiro atoms.